The summed E-state index contributed by atoms with van der Waals surface area (Å²) < 4.78 is 0. The lowest BCUT2D eigenvalue weighted by Gasteiger charge is -2.33. The summed E-state index contributed by atoms with van der Waals surface area (Å²) in [6.07, 6.45) is 4.17. The number of aromatic nitrogens is 1. The van der Waals surface area contributed by atoms with Crippen LogP contribution in [0, 0.1) is 17.2 Å². The molecule has 1 atom stereocenters. The van der Waals surface area contributed by atoms with Crippen LogP contribution in [0.4, 0.5) is 5.13 Å². The number of carbonyl (C=O) groups is 1. The van der Waals surface area contributed by atoms with Gasteiger partial charge in [-0.25, -0.2) is 4.98 Å². The number of hydrogen-bond donors (Lipinski definition) is 3. The fourth-order valence-electron chi connectivity index (χ4n) is 4.33. The van der Waals surface area contributed by atoms with Crippen molar-refractivity contribution >= 4 is 34.1 Å². The van der Waals surface area contributed by atoms with E-state index in [1.54, 1.807) is 23.1 Å². The second-order valence-electron chi connectivity index (χ2n) is 8.38. The number of nitrogens with one attached hydrogen (secondary N) is 2. The van der Waals surface area contributed by atoms with Gasteiger partial charge in [0.15, 0.2) is 5.13 Å². The van der Waals surface area contributed by atoms with Crippen molar-refractivity contribution in [2.24, 2.45) is 11.7 Å². The molecule has 7 nitrogen and oxygen atoms in total. The predicted molar refractivity (Wildman–Crippen MR) is 132 cm³/mol. The average molecular weight is 471 g/mol. The van der Waals surface area contributed by atoms with Crippen LogP contribution in [0.1, 0.15) is 31.2 Å². The minimum Gasteiger partial charge on any atom is -0.360 e. The Labute approximate surface area is 197 Å². The summed E-state index contributed by atoms with van der Waals surface area (Å²) in [7, 11) is 0. The Bertz CT molecular complexity index is 927. The molecule has 1 aliphatic carbocycles. The third-order valence-electron chi connectivity index (χ3n) is 6.28. The Hall–Kier alpha value is -2.12. The molecule has 1 saturated heterocycles. The first-order valence-corrected chi connectivity index (χ1v) is 13.2. The number of nitriles is 1. The van der Waals surface area contributed by atoms with Crippen molar-refractivity contribution < 1.29 is 4.79 Å². The normalized spacial score (nSPS) is 21.8. The van der Waals surface area contributed by atoms with Crippen molar-refractivity contribution in [1.29, 1.82) is 5.26 Å². The molecule has 1 aromatic heterocycles. The first-order chi connectivity index (χ1) is 15.6. The van der Waals surface area contributed by atoms with E-state index >= 15 is 0 Å². The van der Waals surface area contributed by atoms with Gasteiger partial charge in [0.05, 0.1) is 29.2 Å². The number of carbonyl (C=O) groups excluding carboxylic acids is 1. The Morgan fingerprint density at radius 3 is 2.72 bits per heavy atom. The molecule has 2 aliphatic rings. The summed E-state index contributed by atoms with van der Waals surface area (Å²) in [5.74, 6) is 2.27. The Balaban J connectivity index is 1.14. The average Bonchev–Trinajstić information content (AvgIpc) is 3.54. The van der Waals surface area contributed by atoms with E-state index in [9.17, 15) is 4.79 Å². The molecule has 32 heavy (non-hydrogen) atoms. The van der Waals surface area contributed by atoms with Gasteiger partial charge < -0.3 is 21.3 Å². The molecule has 2 heterocycles. The van der Waals surface area contributed by atoms with E-state index in [4.69, 9.17) is 11.0 Å². The standard InChI is InChI=1S/C23H30N6OS2/c24-13-16-1-3-17(4-2-16)20-14-32-23(28-20)27-10-9-26-19-7-5-18(6-8-19)21(25)22(30)29-11-12-31-15-29/h1-4,14,18-19,21,26H,5-12,15,25H2,(H,27,28)/t18?,19?,21-/m0/s1. The van der Waals surface area contributed by atoms with Crippen molar-refractivity contribution in [2.75, 3.05) is 36.6 Å². The molecular formula is C23H30N6OS2. The number of nitrogens with zero attached hydrogens (tertiary/aromatic N) is 3. The molecule has 1 aromatic carbocycles. The molecule has 1 saturated carbocycles. The van der Waals surface area contributed by atoms with Gasteiger partial charge in [0.2, 0.25) is 5.91 Å². The number of thioether (sulfide) groups is 1. The van der Waals surface area contributed by atoms with Gasteiger partial charge >= 0.3 is 0 Å². The van der Waals surface area contributed by atoms with Crippen LogP contribution in [-0.4, -0.2) is 59.1 Å². The molecule has 170 valence electrons. The van der Waals surface area contributed by atoms with Crippen molar-refractivity contribution in [3.8, 4) is 17.3 Å². The molecule has 2 fully saturated rings. The van der Waals surface area contributed by atoms with Crippen molar-refractivity contribution in [1.82, 2.24) is 15.2 Å². The molecule has 0 radical (unpaired) electrons. The second-order valence-corrected chi connectivity index (χ2v) is 10.3. The second kappa shape index (κ2) is 11.1. The van der Waals surface area contributed by atoms with Gasteiger partial charge in [0, 0.05) is 42.4 Å². The predicted octanol–water partition coefficient (Wildman–Crippen LogP) is 3.10. The van der Waals surface area contributed by atoms with Gasteiger partial charge in [0.25, 0.3) is 0 Å². The van der Waals surface area contributed by atoms with Gasteiger partial charge in [-0.3, -0.25) is 4.79 Å². The summed E-state index contributed by atoms with van der Waals surface area (Å²) in [4.78, 5) is 19.1. The van der Waals surface area contributed by atoms with Crippen LogP contribution in [0.2, 0.25) is 0 Å². The van der Waals surface area contributed by atoms with Crippen molar-refractivity contribution in [2.45, 2.75) is 37.8 Å². The molecule has 0 unspecified atom stereocenters. The maximum Gasteiger partial charge on any atom is 0.240 e. The summed E-state index contributed by atoms with van der Waals surface area (Å²) in [6.45, 7) is 2.52. The minimum absolute atomic E-state index is 0.138. The monoisotopic (exact) mass is 470 g/mol. The van der Waals surface area contributed by atoms with Crippen LogP contribution in [-0.2, 0) is 4.79 Å². The Kier molecular flexibility index (Phi) is 8.03. The number of nitrogens with two attached hydrogens (primary N) is 1. The highest BCUT2D eigenvalue weighted by atomic mass is 32.2. The fraction of sp³-hybridized carbons (Fsp3) is 0.522. The smallest absolute Gasteiger partial charge is 0.240 e. The van der Waals surface area contributed by atoms with Gasteiger partial charge in [-0.15, -0.1) is 23.1 Å². The molecule has 9 heteroatoms. The number of rotatable bonds is 8. The molecule has 4 N–H and O–H groups in total. The van der Waals surface area contributed by atoms with Crippen molar-refractivity contribution in [3.05, 3.63) is 35.2 Å². The Morgan fingerprint density at radius 2 is 2.03 bits per heavy atom. The number of anilines is 1. The zero-order valence-corrected chi connectivity index (χ0v) is 19.8. The number of hydrogen-bond acceptors (Lipinski definition) is 8. The molecule has 1 amide bonds. The zero-order valence-electron chi connectivity index (χ0n) is 18.1. The summed E-state index contributed by atoms with van der Waals surface area (Å²) in [5, 5.41) is 18.9. The lowest BCUT2D eigenvalue weighted by Crippen LogP contribution is -2.48. The summed E-state index contributed by atoms with van der Waals surface area (Å²) >= 11 is 3.40. The third-order valence-corrected chi connectivity index (χ3v) is 8.04. The van der Waals surface area contributed by atoms with Crippen LogP contribution >= 0.6 is 23.1 Å². The highest BCUT2D eigenvalue weighted by Crippen LogP contribution is 2.28. The largest absolute Gasteiger partial charge is 0.360 e. The highest BCUT2D eigenvalue weighted by molar-refractivity contribution is 7.99. The Morgan fingerprint density at radius 1 is 1.25 bits per heavy atom. The number of thiazole rings is 1. The molecule has 0 spiro atoms. The van der Waals surface area contributed by atoms with Crippen LogP contribution in [0.25, 0.3) is 11.3 Å². The minimum atomic E-state index is -0.341. The summed E-state index contributed by atoms with van der Waals surface area (Å²) in [6, 6.07) is 9.77. The van der Waals surface area contributed by atoms with Crippen LogP contribution in [0.5, 0.6) is 0 Å². The lowest BCUT2D eigenvalue weighted by atomic mass is 9.81. The molecule has 1 aliphatic heterocycles. The van der Waals surface area contributed by atoms with Gasteiger partial charge in [0.1, 0.15) is 0 Å². The first kappa shape index (κ1) is 23.1. The molecule has 0 bridgehead atoms. The topological polar surface area (TPSA) is 107 Å². The zero-order chi connectivity index (χ0) is 22.3. The fourth-order valence-corrected chi connectivity index (χ4v) is 6.04. The quantitative estimate of drug-likeness (QED) is 0.509. The molecule has 2 aromatic rings. The maximum atomic E-state index is 12.5. The highest BCUT2D eigenvalue weighted by Gasteiger charge is 2.32. The van der Waals surface area contributed by atoms with Gasteiger partial charge in [-0.2, -0.15) is 5.26 Å². The maximum absolute atomic E-state index is 12.5. The SMILES string of the molecule is N#Cc1ccc(-c2csc(NCCNC3CCC([C@H](N)C(=O)N4CCSC4)CC3)n2)cc1. The van der Waals surface area contributed by atoms with E-state index in [1.165, 1.54) is 0 Å². The first-order valence-electron chi connectivity index (χ1n) is 11.2. The van der Waals surface area contributed by atoms with Gasteiger partial charge in [-0.05, 0) is 43.7 Å². The molecule has 4 rings (SSSR count). The number of amides is 1. The van der Waals surface area contributed by atoms with E-state index in [0.717, 1.165) is 73.3 Å². The van der Waals surface area contributed by atoms with E-state index < -0.39 is 0 Å². The van der Waals surface area contributed by atoms with Crippen LogP contribution < -0.4 is 16.4 Å². The van der Waals surface area contributed by atoms with Crippen LogP contribution in [0.15, 0.2) is 29.6 Å². The summed E-state index contributed by atoms with van der Waals surface area (Å²) in [5.41, 5.74) is 8.91. The lowest BCUT2D eigenvalue weighted by molar-refractivity contribution is -0.132. The number of benzene rings is 1. The van der Waals surface area contributed by atoms with Crippen molar-refractivity contribution in [3.63, 3.8) is 0 Å². The van der Waals surface area contributed by atoms with Gasteiger partial charge in [-0.1, -0.05) is 12.1 Å². The van der Waals surface area contributed by atoms with E-state index in [0.29, 0.717) is 17.5 Å². The van der Waals surface area contributed by atoms with E-state index in [2.05, 4.69) is 21.7 Å². The van der Waals surface area contributed by atoms with E-state index in [1.807, 2.05) is 34.5 Å². The van der Waals surface area contributed by atoms with Crippen LogP contribution in [0.3, 0.4) is 0 Å². The van der Waals surface area contributed by atoms with E-state index in [-0.39, 0.29) is 11.9 Å². The molecular weight excluding hydrogens is 440 g/mol. The third kappa shape index (κ3) is 5.81.